The Kier molecular flexibility index (Phi) is 61.4. The van der Waals surface area contributed by atoms with Gasteiger partial charge in [-0.05, 0) is 243 Å². The molecule has 18 nitrogen and oxygen atoms in total. The normalized spacial score (nSPS) is 11.4. The molecular formula is C87H115F9O18S3. The lowest BCUT2D eigenvalue weighted by Gasteiger charge is -2.17. The first kappa shape index (κ1) is 112. The van der Waals surface area contributed by atoms with E-state index in [9.17, 15) is 53.9 Å². The minimum Gasteiger partial charge on any atom is -0.508 e. The zero-order chi connectivity index (χ0) is 88.4. The van der Waals surface area contributed by atoms with Gasteiger partial charge in [-0.1, -0.05) is 66.7 Å². The Morgan fingerprint density at radius 3 is 1.12 bits per heavy atom. The van der Waals surface area contributed by atoms with E-state index in [-0.39, 0.29) is 75.3 Å². The summed E-state index contributed by atoms with van der Waals surface area (Å²) in [5.74, 6) is 5.83. The predicted octanol–water partition coefficient (Wildman–Crippen LogP) is 20.9. The van der Waals surface area contributed by atoms with Crippen LogP contribution in [-0.4, -0.2) is 128 Å². The molecule has 4 N–H and O–H groups in total. The summed E-state index contributed by atoms with van der Waals surface area (Å²) >= 11 is 7.69. The number of aliphatic hydroxyl groups is 3. The molecule has 0 spiro atoms. The third-order valence-corrected chi connectivity index (χ3v) is 18.9. The third-order valence-electron chi connectivity index (χ3n) is 16.1. The third kappa shape index (κ3) is 51.7. The first-order valence-electron chi connectivity index (χ1n) is 37.0. The Hall–Kier alpha value is -8.99. The number of aliphatic hydroxyl groups excluding tert-OH is 3. The van der Waals surface area contributed by atoms with Gasteiger partial charge in [-0.2, -0.15) is 58.7 Å². The van der Waals surface area contributed by atoms with Crippen LogP contribution in [0.5, 0.6) is 40.2 Å². The summed E-state index contributed by atoms with van der Waals surface area (Å²) in [7, 11) is 1.65. The molecule has 0 aliphatic rings. The topological polar surface area (TPSA) is 265 Å². The fourth-order valence-electron chi connectivity index (χ4n) is 8.88. The van der Waals surface area contributed by atoms with Crippen LogP contribution >= 0.6 is 36.2 Å². The van der Waals surface area contributed by atoms with Gasteiger partial charge in [0.05, 0.1) is 56.8 Å². The number of Topliss-reactive ketones (excluding diaryl/α,β-unsaturated/α-hetero) is 2. The summed E-state index contributed by atoms with van der Waals surface area (Å²) in [6.45, 7) is 27.8. The van der Waals surface area contributed by atoms with E-state index < -0.39 is 47.1 Å². The van der Waals surface area contributed by atoms with Crippen molar-refractivity contribution in [2.75, 3.05) is 78.1 Å². The van der Waals surface area contributed by atoms with Gasteiger partial charge in [-0.15, -0.1) is 36.2 Å². The molecule has 0 aliphatic carbocycles. The van der Waals surface area contributed by atoms with Gasteiger partial charge in [0, 0.05) is 69.7 Å². The van der Waals surface area contributed by atoms with Crippen LogP contribution in [0, 0.1) is 57.3 Å². The van der Waals surface area contributed by atoms with Gasteiger partial charge in [-0.25, -0.2) is 0 Å². The Morgan fingerprint density at radius 2 is 0.812 bits per heavy atom. The highest BCUT2D eigenvalue weighted by Gasteiger charge is 2.32. The van der Waals surface area contributed by atoms with E-state index in [4.69, 9.17) is 72.8 Å². The highest BCUT2D eigenvalue weighted by atomic mass is 32.2. The molecule has 0 saturated heterocycles. The number of ether oxygens (including phenoxy) is 7. The van der Waals surface area contributed by atoms with Gasteiger partial charge >= 0.3 is 36.8 Å². The second-order valence-corrected chi connectivity index (χ2v) is 28.1. The summed E-state index contributed by atoms with van der Waals surface area (Å²) in [5, 5.41) is 34.4. The van der Waals surface area contributed by atoms with Crippen LogP contribution in [0.2, 0.25) is 0 Å². The van der Waals surface area contributed by atoms with Crippen molar-refractivity contribution in [1.29, 1.82) is 0 Å². The second kappa shape index (κ2) is 64.1. The van der Waals surface area contributed by atoms with Crippen molar-refractivity contribution < 1.29 is 127 Å². The number of rotatable bonds is 33. The fraction of sp³-hybridized carbons (Fsp3) is 0.460. The van der Waals surface area contributed by atoms with E-state index in [2.05, 4.69) is 58.5 Å². The number of methoxy groups -OCH3 is 1. The number of phenols is 1. The molecule has 0 amide bonds. The van der Waals surface area contributed by atoms with E-state index in [1.807, 2.05) is 95.3 Å². The molecule has 30 heteroatoms. The Labute approximate surface area is 696 Å². The van der Waals surface area contributed by atoms with Gasteiger partial charge in [0.15, 0.2) is 5.78 Å². The average Bonchev–Trinajstić information content (AvgIpc) is 0.872. The van der Waals surface area contributed by atoms with Crippen LogP contribution in [-0.2, 0) is 56.8 Å². The van der Waals surface area contributed by atoms with Crippen LogP contribution in [0.1, 0.15) is 147 Å². The van der Waals surface area contributed by atoms with Crippen LogP contribution in [0.3, 0.4) is 0 Å². The molecule has 4 atom stereocenters. The van der Waals surface area contributed by atoms with Crippen molar-refractivity contribution in [2.45, 2.75) is 169 Å². The minimum absolute atomic E-state index is 0. The number of phenolic OH excluding ortho intramolecular Hbond substituents is 1. The molecule has 0 aliphatic heterocycles. The highest BCUT2D eigenvalue weighted by Crippen LogP contribution is 2.35. The maximum absolute atomic E-state index is 12.6. The summed E-state index contributed by atoms with van der Waals surface area (Å²) in [4.78, 5) is 68.2. The van der Waals surface area contributed by atoms with Crippen molar-refractivity contribution in [1.82, 2.24) is 0 Å². The van der Waals surface area contributed by atoms with Gasteiger partial charge in [0.25, 0.3) is 0 Å². The van der Waals surface area contributed by atoms with Crippen LogP contribution in [0.25, 0.3) is 0 Å². The fourth-order valence-corrected chi connectivity index (χ4v) is 11.5. The van der Waals surface area contributed by atoms with E-state index in [1.165, 1.54) is 48.6 Å². The van der Waals surface area contributed by atoms with Crippen molar-refractivity contribution >= 4 is 66.0 Å². The van der Waals surface area contributed by atoms with Crippen molar-refractivity contribution in [3.05, 3.63) is 191 Å². The number of carbonyl (C=O) groups is 3. The molecular weight excluding hydrogens is 1600 g/mol. The number of aromatic hydroxyl groups is 1. The number of aryl methyl sites for hydroxylation is 4. The molecule has 7 aromatic rings. The molecule has 0 fully saturated rings. The van der Waals surface area contributed by atoms with Gasteiger partial charge in [-0.3, -0.25) is 14.4 Å². The lowest BCUT2D eigenvalue weighted by Crippen LogP contribution is -2.23. The molecule has 4 unspecified atom stereocenters. The van der Waals surface area contributed by atoms with Crippen LogP contribution in [0.15, 0.2) is 166 Å². The molecule has 0 heterocycles. The zero-order valence-electron chi connectivity index (χ0n) is 68.0. The lowest BCUT2D eigenvalue weighted by atomic mass is 10.0. The van der Waals surface area contributed by atoms with Crippen molar-refractivity contribution in [3.8, 4) is 40.2 Å². The van der Waals surface area contributed by atoms with Crippen LogP contribution < -0.4 is 28.4 Å². The van der Waals surface area contributed by atoms with Gasteiger partial charge < -0.3 is 53.6 Å². The maximum atomic E-state index is 12.6. The number of hydrogen-bond acceptors (Lipinski definition) is 21. The van der Waals surface area contributed by atoms with Crippen molar-refractivity contribution in [2.24, 2.45) is 29.6 Å². The summed E-state index contributed by atoms with van der Waals surface area (Å²) in [6.07, 6.45) is -7.30. The summed E-state index contributed by atoms with van der Waals surface area (Å²) < 4.78 is 149. The molecule has 0 aromatic heterocycles. The number of thiol groups is 1. The quantitative estimate of drug-likeness (QED) is 0.00841. The molecule has 0 radical (unpaired) electrons. The lowest BCUT2D eigenvalue weighted by molar-refractivity contribution is -0.193. The number of ketones is 2. The molecule has 7 rings (SSSR count). The molecule has 0 saturated carbocycles. The number of alkyl halides is 9. The number of carbonyl (C=O) groups excluding carboxylic acids is 7. The van der Waals surface area contributed by atoms with E-state index in [0.29, 0.717) is 62.8 Å². The predicted molar refractivity (Wildman–Crippen MR) is 439 cm³/mol. The summed E-state index contributed by atoms with van der Waals surface area (Å²) in [5.41, 5.74) is 2.35. The van der Waals surface area contributed by atoms with E-state index in [1.54, 1.807) is 44.5 Å². The zero-order valence-corrected chi connectivity index (χ0v) is 70.5. The number of thioether (sulfide) groups is 2. The highest BCUT2D eigenvalue weighted by molar-refractivity contribution is 7.99. The van der Waals surface area contributed by atoms with E-state index >= 15 is 0 Å². The summed E-state index contributed by atoms with van der Waals surface area (Å²) in [6, 6.07) is 39.1. The Balaban J connectivity index is -0.00000134. The van der Waals surface area contributed by atoms with E-state index in [0.717, 1.165) is 142 Å². The number of esters is 1. The SMILES string of the molecule is C.CC(=O)COc1ccc(S)cc1C.CCC(CO)CO.CCC(CO)COc1ccc(C)cc1.CCC(COc1ccc(C(F)(F)F)cc1)CSc1ccc(OC)c(C)c1.CCCOc1ccc(SCC(CC)COc2ccc(C(F)(F)F)cc2)cc1C.CCOC(=O)C(CC)C(C)=O.O=C=O.O=C=O.Oc1ccc(C(F)(F)F)cc1. The van der Waals surface area contributed by atoms with Gasteiger partial charge in [0.2, 0.25) is 0 Å². The van der Waals surface area contributed by atoms with Gasteiger partial charge in [0.1, 0.15) is 58.6 Å². The standard InChI is InChI=1S/C22H27F3O2S.C20H23F3O2S.C12H18O2.C10H12O2S.C8H14O3.C7H5F3O.C5H12O2.2CO2.CH4/c1-4-12-26-21-11-10-20(13-16(21)3)28-15-17(5-2)14-27-19-8-6-18(7-9-19)22(23,24)25;1-4-15(13-26-18-9-10-19(24-3)14(2)11-18)12-25-17-7-5-16(6-8-17)20(21,22)23;1-3-11(8-13)9-14-12-6-4-10(2)5-7-12;1-7-5-9(13)3-4-10(7)12-6-8(2)11;1-4-7(6(3)9)8(10)11-5-2;8-7(9,10)5-1-3-6(11)4-2-5;1-2-5(3-6)4-7;2*2-1-3;/h6-11,13,17H,4-5,12,14-15H2,1-3H3;5-11,15H,4,12-13H2,1-3H3;4-7,11,13H,3,8-9H2,1-2H3;3-5,13H,6H2,1-2H3;7H,4-5H2,1-3H3;1-4,11H;5-7H,2-4H2,1H3;;;1H4. The minimum atomic E-state index is -4.33. The largest absolute Gasteiger partial charge is 0.508 e. The molecule has 652 valence electrons. The number of halogens is 9. The second-order valence-electron chi connectivity index (χ2n) is 25.4. The monoisotopic (exact) mass is 1710 g/mol. The smallest absolute Gasteiger partial charge is 0.416 e. The number of hydrogen-bond donors (Lipinski definition) is 5. The average molecular weight is 1720 g/mol. The maximum Gasteiger partial charge on any atom is 0.416 e. The van der Waals surface area contributed by atoms with Crippen LogP contribution in [0.4, 0.5) is 39.5 Å². The molecule has 117 heavy (non-hydrogen) atoms. The Morgan fingerprint density at radius 1 is 0.462 bits per heavy atom. The Bertz CT molecular complexity index is 3850. The molecule has 7 aromatic carbocycles. The first-order valence-corrected chi connectivity index (χ1v) is 39.4. The first-order chi connectivity index (χ1) is 54.8. The van der Waals surface area contributed by atoms with Crippen molar-refractivity contribution in [3.63, 3.8) is 0 Å². The number of benzene rings is 7. The molecule has 0 bridgehead atoms.